The molecule has 0 spiro atoms. The van der Waals surface area contributed by atoms with Crippen LogP contribution < -0.4 is 5.32 Å². The molecule has 0 fully saturated rings. The second-order valence-electron chi connectivity index (χ2n) is 5.03. The monoisotopic (exact) mass is 289 g/mol. The van der Waals surface area contributed by atoms with Crippen molar-refractivity contribution in [2.75, 3.05) is 20.3 Å². The van der Waals surface area contributed by atoms with E-state index in [0.29, 0.717) is 13.2 Å². The van der Waals surface area contributed by atoms with E-state index in [2.05, 4.69) is 16.8 Å². The van der Waals surface area contributed by atoms with Gasteiger partial charge in [-0.1, -0.05) is 0 Å². The third-order valence-corrected chi connectivity index (χ3v) is 3.37. The molecular formula is C16H23N3O2. The Kier molecular flexibility index (Phi) is 6.19. The Hall–Kier alpha value is -2.06. The van der Waals surface area contributed by atoms with Crippen LogP contribution in [0.3, 0.4) is 0 Å². The SMILES string of the molecule is CCNC(=O)/C(C#N)=C/c1cc(C)n(C(C)COC)c1C. The lowest BCUT2D eigenvalue weighted by Gasteiger charge is -2.17. The minimum atomic E-state index is -0.338. The number of methoxy groups -OCH3 is 1. The van der Waals surface area contributed by atoms with Crippen LogP contribution in [0.15, 0.2) is 11.6 Å². The molecule has 0 aliphatic rings. The van der Waals surface area contributed by atoms with Crippen LogP contribution in [0.4, 0.5) is 0 Å². The summed E-state index contributed by atoms with van der Waals surface area (Å²) in [5.74, 6) is -0.338. The average molecular weight is 289 g/mol. The van der Waals surface area contributed by atoms with Crippen LogP contribution in [0.25, 0.3) is 6.08 Å². The molecule has 1 amide bonds. The molecule has 0 radical (unpaired) electrons. The van der Waals surface area contributed by atoms with E-state index in [9.17, 15) is 4.79 Å². The van der Waals surface area contributed by atoms with Crippen molar-refractivity contribution in [1.29, 1.82) is 5.26 Å². The number of carbonyl (C=O) groups is 1. The number of nitriles is 1. The molecule has 0 saturated heterocycles. The number of hydrogen-bond donors (Lipinski definition) is 1. The third kappa shape index (κ3) is 3.96. The van der Waals surface area contributed by atoms with Crippen molar-refractivity contribution in [3.05, 3.63) is 28.6 Å². The fourth-order valence-electron chi connectivity index (χ4n) is 2.50. The first-order valence-electron chi connectivity index (χ1n) is 7.03. The number of likely N-dealkylation sites (N-methyl/N-ethyl adjacent to an activating group) is 1. The number of ether oxygens (including phenoxy) is 1. The molecule has 1 aromatic rings. The second-order valence-corrected chi connectivity index (χ2v) is 5.03. The normalized spacial score (nSPS) is 12.9. The van der Waals surface area contributed by atoms with Gasteiger partial charge in [-0.2, -0.15) is 5.26 Å². The summed E-state index contributed by atoms with van der Waals surface area (Å²) in [7, 11) is 1.67. The lowest BCUT2D eigenvalue weighted by Crippen LogP contribution is -2.23. The van der Waals surface area contributed by atoms with E-state index in [-0.39, 0.29) is 17.5 Å². The zero-order valence-corrected chi connectivity index (χ0v) is 13.4. The lowest BCUT2D eigenvalue weighted by atomic mass is 10.1. The van der Waals surface area contributed by atoms with Gasteiger partial charge in [-0.05, 0) is 45.4 Å². The van der Waals surface area contributed by atoms with E-state index < -0.39 is 0 Å². The quantitative estimate of drug-likeness (QED) is 0.645. The van der Waals surface area contributed by atoms with Crippen LogP contribution in [0, 0.1) is 25.2 Å². The van der Waals surface area contributed by atoms with E-state index in [0.717, 1.165) is 17.0 Å². The van der Waals surface area contributed by atoms with Gasteiger partial charge >= 0.3 is 0 Å². The molecular weight excluding hydrogens is 266 g/mol. The van der Waals surface area contributed by atoms with Crippen LogP contribution in [-0.4, -0.2) is 30.7 Å². The van der Waals surface area contributed by atoms with E-state index in [1.165, 1.54) is 0 Å². The van der Waals surface area contributed by atoms with E-state index in [4.69, 9.17) is 10.00 Å². The lowest BCUT2D eigenvalue weighted by molar-refractivity contribution is -0.116. The summed E-state index contributed by atoms with van der Waals surface area (Å²) >= 11 is 0. The number of amides is 1. The molecule has 1 atom stereocenters. The summed E-state index contributed by atoms with van der Waals surface area (Å²) in [5, 5.41) is 11.8. The Balaban J connectivity index is 3.18. The molecule has 0 aliphatic carbocycles. The van der Waals surface area contributed by atoms with E-state index >= 15 is 0 Å². The van der Waals surface area contributed by atoms with E-state index in [1.54, 1.807) is 13.2 Å². The van der Waals surface area contributed by atoms with E-state index in [1.807, 2.05) is 32.9 Å². The van der Waals surface area contributed by atoms with Crippen LogP contribution in [-0.2, 0) is 9.53 Å². The van der Waals surface area contributed by atoms with Crippen molar-refractivity contribution in [1.82, 2.24) is 9.88 Å². The summed E-state index contributed by atoms with van der Waals surface area (Å²) in [6.45, 7) is 9.01. The summed E-state index contributed by atoms with van der Waals surface area (Å²) < 4.78 is 7.35. The van der Waals surface area contributed by atoms with Crippen molar-refractivity contribution in [3.63, 3.8) is 0 Å². The summed E-state index contributed by atoms with van der Waals surface area (Å²) in [6, 6.07) is 4.15. The minimum Gasteiger partial charge on any atom is -0.383 e. The molecule has 21 heavy (non-hydrogen) atoms. The van der Waals surface area contributed by atoms with Gasteiger partial charge in [-0.25, -0.2) is 0 Å². The first-order chi connectivity index (χ1) is 9.96. The van der Waals surface area contributed by atoms with Crippen molar-refractivity contribution >= 4 is 12.0 Å². The molecule has 1 N–H and O–H groups in total. The Morgan fingerprint density at radius 1 is 1.57 bits per heavy atom. The van der Waals surface area contributed by atoms with Crippen LogP contribution in [0.2, 0.25) is 0 Å². The van der Waals surface area contributed by atoms with Gasteiger partial charge in [0.1, 0.15) is 11.6 Å². The highest BCUT2D eigenvalue weighted by molar-refractivity contribution is 6.01. The maximum atomic E-state index is 11.8. The molecule has 1 heterocycles. The summed E-state index contributed by atoms with van der Waals surface area (Å²) in [4.78, 5) is 11.8. The van der Waals surface area contributed by atoms with Gasteiger partial charge in [0.25, 0.3) is 5.91 Å². The van der Waals surface area contributed by atoms with Crippen molar-refractivity contribution < 1.29 is 9.53 Å². The molecule has 1 unspecified atom stereocenters. The molecule has 0 bridgehead atoms. The van der Waals surface area contributed by atoms with Crippen LogP contribution >= 0.6 is 0 Å². The third-order valence-electron chi connectivity index (χ3n) is 3.37. The molecule has 5 nitrogen and oxygen atoms in total. The topological polar surface area (TPSA) is 67.0 Å². The van der Waals surface area contributed by atoms with Gasteiger partial charge in [-0.3, -0.25) is 4.79 Å². The molecule has 0 aliphatic heterocycles. The highest BCUT2D eigenvalue weighted by Crippen LogP contribution is 2.22. The fraction of sp³-hybridized carbons (Fsp3) is 0.500. The van der Waals surface area contributed by atoms with Crippen molar-refractivity contribution in [2.24, 2.45) is 0 Å². The summed E-state index contributed by atoms with van der Waals surface area (Å²) in [5.41, 5.74) is 3.11. The molecule has 0 saturated carbocycles. The van der Waals surface area contributed by atoms with Crippen LogP contribution in [0.1, 0.15) is 36.8 Å². The van der Waals surface area contributed by atoms with Gasteiger partial charge in [-0.15, -0.1) is 0 Å². The number of hydrogen-bond acceptors (Lipinski definition) is 3. The van der Waals surface area contributed by atoms with Gasteiger partial charge in [0, 0.05) is 25.0 Å². The Morgan fingerprint density at radius 2 is 2.24 bits per heavy atom. The number of rotatable bonds is 6. The first-order valence-corrected chi connectivity index (χ1v) is 7.03. The zero-order valence-electron chi connectivity index (χ0n) is 13.4. The molecule has 1 aromatic heterocycles. The molecule has 1 rings (SSSR count). The first kappa shape index (κ1) is 17.0. The number of aryl methyl sites for hydroxylation is 1. The highest BCUT2D eigenvalue weighted by atomic mass is 16.5. The number of nitrogens with zero attached hydrogens (tertiary/aromatic N) is 2. The Labute approximate surface area is 126 Å². The van der Waals surface area contributed by atoms with Gasteiger partial charge in [0.15, 0.2) is 0 Å². The standard InChI is InChI=1S/C16H23N3O2/c1-6-18-16(20)15(9-17)8-14-7-11(2)19(13(14)4)12(3)10-21-5/h7-8,12H,6,10H2,1-5H3,(H,18,20)/b15-8+. The van der Waals surface area contributed by atoms with Crippen molar-refractivity contribution in [3.8, 4) is 6.07 Å². The fourth-order valence-corrected chi connectivity index (χ4v) is 2.50. The maximum absolute atomic E-state index is 11.8. The second kappa shape index (κ2) is 7.65. The molecule has 114 valence electrons. The molecule has 0 aromatic carbocycles. The number of aromatic nitrogens is 1. The predicted octanol–water partition coefficient (Wildman–Crippen LogP) is 2.36. The Bertz CT molecular complexity index is 579. The Morgan fingerprint density at radius 3 is 2.76 bits per heavy atom. The zero-order chi connectivity index (χ0) is 16.0. The van der Waals surface area contributed by atoms with Gasteiger partial charge in [0.2, 0.25) is 0 Å². The van der Waals surface area contributed by atoms with Crippen molar-refractivity contribution in [2.45, 2.75) is 33.7 Å². The highest BCUT2D eigenvalue weighted by Gasteiger charge is 2.15. The average Bonchev–Trinajstić information content (AvgIpc) is 2.71. The van der Waals surface area contributed by atoms with Gasteiger partial charge in [0.05, 0.1) is 12.6 Å². The smallest absolute Gasteiger partial charge is 0.261 e. The minimum absolute atomic E-state index is 0.122. The largest absolute Gasteiger partial charge is 0.383 e. The number of carbonyl (C=O) groups excluding carboxylic acids is 1. The predicted molar refractivity (Wildman–Crippen MR) is 82.8 cm³/mol. The van der Waals surface area contributed by atoms with Gasteiger partial charge < -0.3 is 14.6 Å². The molecule has 5 heteroatoms. The number of nitrogens with one attached hydrogen (secondary N) is 1. The van der Waals surface area contributed by atoms with Crippen LogP contribution in [0.5, 0.6) is 0 Å². The summed E-state index contributed by atoms with van der Waals surface area (Å²) in [6.07, 6.45) is 1.64. The maximum Gasteiger partial charge on any atom is 0.261 e.